The van der Waals surface area contributed by atoms with Crippen molar-refractivity contribution in [1.82, 2.24) is 4.90 Å². The highest BCUT2D eigenvalue weighted by Crippen LogP contribution is 2.49. The molecule has 0 aromatic heterocycles. The van der Waals surface area contributed by atoms with Gasteiger partial charge in [0.05, 0.1) is 0 Å². The van der Waals surface area contributed by atoms with E-state index in [1.54, 1.807) is 24.1 Å². The van der Waals surface area contributed by atoms with E-state index in [1.165, 1.54) is 0 Å². The van der Waals surface area contributed by atoms with Gasteiger partial charge in [-0.05, 0) is 42.3 Å². The molecule has 4 rings (SSSR count). The summed E-state index contributed by atoms with van der Waals surface area (Å²) < 4.78 is 6.13. The third-order valence-corrected chi connectivity index (χ3v) is 6.11. The normalized spacial score (nSPS) is 25.5. The van der Waals surface area contributed by atoms with Crippen LogP contribution in [0.1, 0.15) is 30.4 Å². The molecule has 1 saturated heterocycles. The molecule has 5 nitrogen and oxygen atoms in total. The number of rotatable bonds is 4. The Bertz CT molecular complexity index is 980. The zero-order chi connectivity index (χ0) is 20.8. The van der Waals surface area contributed by atoms with Crippen molar-refractivity contribution in [2.45, 2.75) is 25.0 Å². The van der Waals surface area contributed by atoms with Gasteiger partial charge in [-0.15, -0.1) is 0 Å². The zero-order valence-corrected chi connectivity index (χ0v) is 17.3. The van der Waals surface area contributed by atoms with Gasteiger partial charge in [-0.3, -0.25) is 9.59 Å². The van der Waals surface area contributed by atoms with Crippen LogP contribution in [-0.2, 0) is 9.59 Å². The van der Waals surface area contributed by atoms with E-state index in [-0.39, 0.29) is 17.6 Å². The molecular formula is C24H26N2O3. The number of likely N-dealkylation sites (tertiary alicyclic amines) is 1. The van der Waals surface area contributed by atoms with Gasteiger partial charge in [-0.25, -0.2) is 0 Å². The van der Waals surface area contributed by atoms with Crippen molar-refractivity contribution in [3.8, 4) is 5.75 Å². The van der Waals surface area contributed by atoms with Crippen molar-refractivity contribution in [1.29, 1.82) is 0 Å². The maximum absolute atomic E-state index is 13.1. The third-order valence-electron chi connectivity index (χ3n) is 6.11. The highest BCUT2D eigenvalue weighted by molar-refractivity contribution is 6.09. The number of piperidine rings is 1. The maximum atomic E-state index is 13.1. The Balaban J connectivity index is 1.63. The van der Waals surface area contributed by atoms with Crippen molar-refractivity contribution in [2.24, 2.45) is 5.92 Å². The van der Waals surface area contributed by atoms with Crippen LogP contribution < -0.4 is 9.64 Å². The topological polar surface area (TPSA) is 49.9 Å². The number of ketones is 1. The Kier molecular flexibility index (Phi) is 4.69. The Hall–Kier alpha value is -3.08. The second-order valence-electron chi connectivity index (χ2n) is 8.22. The van der Waals surface area contributed by atoms with Gasteiger partial charge < -0.3 is 14.5 Å². The molecule has 29 heavy (non-hydrogen) atoms. The molecule has 0 radical (unpaired) electrons. The van der Waals surface area contributed by atoms with Crippen molar-refractivity contribution in [3.05, 3.63) is 65.7 Å². The maximum Gasteiger partial charge on any atom is 0.236 e. The second-order valence-corrected chi connectivity index (χ2v) is 8.22. The van der Waals surface area contributed by atoms with Crippen LogP contribution in [0.25, 0.3) is 6.08 Å². The zero-order valence-electron chi connectivity index (χ0n) is 17.3. The molecule has 0 N–H and O–H groups in total. The molecule has 0 saturated carbocycles. The number of carbonyl (C=O) groups excluding carboxylic acids is 2. The molecule has 2 aromatic carbocycles. The minimum Gasteiger partial charge on any atom is -0.468 e. The first-order chi connectivity index (χ1) is 13.8. The molecule has 2 bridgehead atoms. The van der Waals surface area contributed by atoms with Crippen LogP contribution in [0.5, 0.6) is 5.75 Å². The summed E-state index contributed by atoms with van der Waals surface area (Å²) >= 11 is 0. The fourth-order valence-electron chi connectivity index (χ4n) is 4.28. The molecule has 1 fully saturated rings. The van der Waals surface area contributed by atoms with Crippen molar-refractivity contribution in [3.63, 3.8) is 0 Å². The summed E-state index contributed by atoms with van der Waals surface area (Å²) in [7, 11) is 5.69. The molecule has 2 aliphatic heterocycles. The van der Waals surface area contributed by atoms with E-state index in [0.717, 1.165) is 22.6 Å². The van der Waals surface area contributed by atoms with Gasteiger partial charge in [-0.2, -0.15) is 0 Å². The standard InChI is InChI=1S/C24H26N2O3/c1-24-15-19(18-7-5-6-8-21(18)29-24)22(23(28)26(24)4)20(27)14-11-16-9-12-17(13-10-16)25(2)3/h5-14,19,22H,15H2,1-4H3/b14-11+. The van der Waals surface area contributed by atoms with Crippen LogP contribution in [0.2, 0.25) is 0 Å². The summed E-state index contributed by atoms with van der Waals surface area (Å²) in [5.41, 5.74) is 2.24. The Labute approximate surface area is 171 Å². The van der Waals surface area contributed by atoms with E-state index in [0.29, 0.717) is 6.42 Å². The van der Waals surface area contributed by atoms with Crippen molar-refractivity contribution < 1.29 is 14.3 Å². The van der Waals surface area contributed by atoms with Crippen LogP contribution in [0, 0.1) is 5.92 Å². The van der Waals surface area contributed by atoms with Gasteiger partial charge in [0.25, 0.3) is 0 Å². The minimum absolute atomic E-state index is 0.165. The van der Waals surface area contributed by atoms with Crippen molar-refractivity contribution >= 4 is 23.5 Å². The summed E-state index contributed by atoms with van der Waals surface area (Å²) in [6, 6.07) is 15.7. The number of nitrogens with zero attached hydrogens (tertiary/aromatic N) is 2. The smallest absolute Gasteiger partial charge is 0.236 e. The molecule has 150 valence electrons. The fourth-order valence-corrected chi connectivity index (χ4v) is 4.28. The van der Waals surface area contributed by atoms with E-state index in [4.69, 9.17) is 4.74 Å². The number of hydrogen-bond donors (Lipinski definition) is 0. The number of benzene rings is 2. The summed E-state index contributed by atoms with van der Waals surface area (Å²) in [5.74, 6) is -0.498. The Morgan fingerprint density at radius 1 is 1.17 bits per heavy atom. The lowest BCUT2D eigenvalue weighted by Gasteiger charge is -2.51. The lowest BCUT2D eigenvalue weighted by Crippen LogP contribution is -2.62. The number of carbonyl (C=O) groups is 2. The minimum atomic E-state index is -0.726. The molecule has 0 aliphatic carbocycles. The highest BCUT2D eigenvalue weighted by Gasteiger charge is 2.54. The number of allylic oxidation sites excluding steroid dienone is 1. The first-order valence-electron chi connectivity index (χ1n) is 9.85. The van der Waals surface area contributed by atoms with Gasteiger partial charge in [0, 0.05) is 39.2 Å². The predicted octanol–water partition coefficient (Wildman–Crippen LogP) is 3.71. The average molecular weight is 390 g/mol. The molecule has 3 atom stereocenters. The van der Waals surface area contributed by atoms with E-state index in [2.05, 4.69) is 0 Å². The van der Waals surface area contributed by atoms with Crippen molar-refractivity contribution in [2.75, 3.05) is 26.0 Å². The summed E-state index contributed by atoms with van der Waals surface area (Å²) in [5, 5.41) is 0. The molecule has 2 aromatic rings. The molecule has 2 heterocycles. The number of hydrogen-bond acceptors (Lipinski definition) is 4. The van der Waals surface area contributed by atoms with Gasteiger partial charge in [0.15, 0.2) is 11.5 Å². The molecular weight excluding hydrogens is 364 g/mol. The number of para-hydroxylation sites is 1. The van der Waals surface area contributed by atoms with Crippen LogP contribution in [0.4, 0.5) is 5.69 Å². The van der Waals surface area contributed by atoms with Gasteiger partial charge in [0.2, 0.25) is 5.91 Å². The highest BCUT2D eigenvalue weighted by atomic mass is 16.5. The average Bonchev–Trinajstić information content (AvgIpc) is 2.71. The SMILES string of the molecule is CN(C)c1ccc(/C=C/C(=O)C2C(=O)N(C)C3(C)CC2c2ccccc2O3)cc1. The first-order valence-corrected chi connectivity index (χ1v) is 9.85. The quantitative estimate of drug-likeness (QED) is 0.590. The molecule has 3 unspecified atom stereocenters. The lowest BCUT2D eigenvalue weighted by atomic mass is 9.72. The molecule has 0 spiro atoms. The van der Waals surface area contributed by atoms with E-state index in [1.807, 2.05) is 74.4 Å². The molecule has 2 aliphatic rings. The lowest BCUT2D eigenvalue weighted by molar-refractivity contribution is -0.170. The molecule has 1 amide bonds. The summed E-state index contributed by atoms with van der Waals surface area (Å²) in [6.45, 7) is 1.91. The number of fused-ring (bicyclic) bond motifs is 4. The largest absolute Gasteiger partial charge is 0.468 e. The second kappa shape index (κ2) is 7.07. The Morgan fingerprint density at radius 2 is 1.86 bits per heavy atom. The monoisotopic (exact) mass is 390 g/mol. The fraction of sp³-hybridized carbons (Fsp3) is 0.333. The first kappa shape index (κ1) is 19.2. The van der Waals surface area contributed by atoms with Gasteiger partial charge >= 0.3 is 0 Å². The third kappa shape index (κ3) is 3.31. The van der Waals surface area contributed by atoms with Crippen LogP contribution in [0.15, 0.2) is 54.6 Å². The number of anilines is 1. The van der Waals surface area contributed by atoms with E-state index < -0.39 is 11.6 Å². The van der Waals surface area contributed by atoms with E-state index >= 15 is 0 Å². The Morgan fingerprint density at radius 3 is 2.55 bits per heavy atom. The summed E-state index contributed by atoms with van der Waals surface area (Å²) in [6.07, 6.45) is 3.93. The van der Waals surface area contributed by atoms with Crippen LogP contribution in [0.3, 0.4) is 0 Å². The van der Waals surface area contributed by atoms with Gasteiger partial charge in [0.1, 0.15) is 11.7 Å². The van der Waals surface area contributed by atoms with Crippen LogP contribution >= 0.6 is 0 Å². The van der Waals surface area contributed by atoms with E-state index in [9.17, 15) is 9.59 Å². The predicted molar refractivity (Wildman–Crippen MR) is 114 cm³/mol. The number of amides is 1. The van der Waals surface area contributed by atoms with Gasteiger partial charge in [-0.1, -0.05) is 36.4 Å². The van der Waals surface area contributed by atoms with Crippen LogP contribution in [-0.4, -0.2) is 43.5 Å². The summed E-state index contributed by atoms with van der Waals surface area (Å²) in [4.78, 5) is 29.9. The molecule has 5 heteroatoms. The number of ether oxygens (including phenoxy) is 1.